The van der Waals surface area contributed by atoms with Crippen LogP contribution in [-0.4, -0.2) is 47.1 Å². The van der Waals surface area contributed by atoms with Gasteiger partial charge in [0, 0.05) is 19.1 Å². The minimum absolute atomic E-state index is 0.190. The highest BCUT2D eigenvalue weighted by atomic mass is 32.2. The number of ether oxygens (including phenoxy) is 2. The van der Waals surface area contributed by atoms with E-state index in [0.29, 0.717) is 28.1 Å². The summed E-state index contributed by atoms with van der Waals surface area (Å²) in [5, 5.41) is 6.25. The van der Waals surface area contributed by atoms with Crippen molar-refractivity contribution in [3.05, 3.63) is 28.7 Å². The van der Waals surface area contributed by atoms with Crippen molar-refractivity contribution in [2.75, 3.05) is 19.9 Å². The minimum atomic E-state index is -0.304. The van der Waals surface area contributed by atoms with Gasteiger partial charge in [-0.3, -0.25) is 14.5 Å². The number of benzene rings is 1. The monoisotopic (exact) mass is 393 g/mol. The van der Waals surface area contributed by atoms with Gasteiger partial charge in [0.1, 0.15) is 0 Å². The molecule has 2 aliphatic rings. The lowest BCUT2D eigenvalue weighted by Crippen LogP contribution is -2.43. The Balaban J connectivity index is 1.60. The summed E-state index contributed by atoms with van der Waals surface area (Å²) in [6.07, 6.45) is 1.69. The lowest BCUT2D eigenvalue weighted by atomic mass is 10.2. The van der Waals surface area contributed by atoms with Gasteiger partial charge in [-0.2, -0.15) is 0 Å². The predicted molar refractivity (Wildman–Crippen MR) is 104 cm³/mol. The topological polar surface area (TPSA) is 79.9 Å². The van der Waals surface area contributed by atoms with Gasteiger partial charge in [-0.1, -0.05) is 6.07 Å². The van der Waals surface area contributed by atoms with Crippen molar-refractivity contribution < 1.29 is 19.1 Å². The first kappa shape index (κ1) is 18.5. The van der Waals surface area contributed by atoms with E-state index in [4.69, 9.17) is 21.7 Å². The molecule has 2 heterocycles. The van der Waals surface area contributed by atoms with E-state index in [1.165, 1.54) is 4.90 Å². The molecule has 2 amide bonds. The van der Waals surface area contributed by atoms with Crippen LogP contribution in [-0.2, 0) is 4.79 Å². The molecule has 0 unspecified atom stereocenters. The second kappa shape index (κ2) is 7.96. The number of nitrogens with zero attached hydrogens (tertiary/aromatic N) is 1. The highest BCUT2D eigenvalue weighted by Gasteiger charge is 2.34. The summed E-state index contributed by atoms with van der Waals surface area (Å²) in [6.45, 7) is 4.80. The molecule has 2 N–H and O–H groups in total. The average molecular weight is 393 g/mol. The molecule has 138 valence electrons. The number of thiocarbonyl (C=S) groups is 1. The second-order valence-corrected chi connectivity index (χ2v) is 7.40. The molecule has 7 nitrogen and oxygen atoms in total. The lowest BCUT2D eigenvalue weighted by molar-refractivity contribution is -0.122. The zero-order valence-corrected chi connectivity index (χ0v) is 16.0. The lowest BCUT2D eigenvalue weighted by Gasteiger charge is -2.16. The van der Waals surface area contributed by atoms with Crippen molar-refractivity contribution in [2.24, 2.45) is 0 Å². The summed E-state index contributed by atoms with van der Waals surface area (Å²) in [5.41, 5.74) is 0.778. The minimum Gasteiger partial charge on any atom is -0.454 e. The van der Waals surface area contributed by atoms with Crippen LogP contribution in [0.2, 0.25) is 0 Å². The number of imide groups is 1. The fourth-order valence-corrected chi connectivity index (χ4v) is 3.64. The van der Waals surface area contributed by atoms with Crippen molar-refractivity contribution in [1.82, 2.24) is 15.5 Å². The first-order valence-corrected chi connectivity index (χ1v) is 9.36. The number of fused-ring (bicyclic) bond motifs is 1. The van der Waals surface area contributed by atoms with E-state index in [1.807, 2.05) is 19.9 Å². The molecular formula is C17H19N3O4S2. The summed E-state index contributed by atoms with van der Waals surface area (Å²) in [4.78, 5) is 26.2. The third-order valence-electron chi connectivity index (χ3n) is 3.61. The molecule has 0 aromatic heterocycles. The van der Waals surface area contributed by atoms with Gasteiger partial charge in [-0.05, 0) is 61.6 Å². The SMILES string of the molecule is CC(C)NC(=S)NCCN1C(=O)S/C(=C\c2ccc3c(c2)OCO3)C1=O. The van der Waals surface area contributed by atoms with Crippen LogP contribution in [0.15, 0.2) is 23.1 Å². The Bertz CT molecular complexity index is 779. The summed E-state index contributed by atoms with van der Waals surface area (Å²) >= 11 is 6.06. The van der Waals surface area contributed by atoms with Gasteiger partial charge in [0.2, 0.25) is 6.79 Å². The average Bonchev–Trinajstić information content (AvgIpc) is 3.13. The Morgan fingerprint density at radius 2 is 2.12 bits per heavy atom. The fraction of sp³-hybridized carbons (Fsp3) is 0.353. The maximum Gasteiger partial charge on any atom is 0.293 e. The number of nitrogens with one attached hydrogen (secondary N) is 2. The Morgan fingerprint density at radius 3 is 2.88 bits per heavy atom. The molecule has 1 aromatic rings. The third kappa shape index (κ3) is 4.28. The number of hydrogen-bond donors (Lipinski definition) is 2. The van der Waals surface area contributed by atoms with Crippen molar-refractivity contribution >= 4 is 46.3 Å². The molecule has 0 spiro atoms. The molecular weight excluding hydrogens is 374 g/mol. The van der Waals surface area contributed by atoms with E-state index in [1.54, 1.807) is 18.2 Å². The van der Waals surface area contributed by atoms with Crippen LogP contribution < -0.4 is 20.1 Å². The molecule has 2 aliphatic heterocycles. The highest BCUT2D eigenvalue weighted by molar-refractivity contribution is 8.18. The van der Waals surface area contributed by atoms with Gasteiger partial charge in [0.15, 0.2) is 16.6 Å². The Morgan fingerprint density at radius 1 is 1.35 bits per heavy atom. The molecule has 3 rings (SSSR count). The second-order valence-electron chi connectivity index (χ2n) is 6.00. The quantitative estimate of drug-likeness (QED) is 0.583. The van der Waals surface area contributed by atoms with Crippen LogP contribution in [0.3, 0.4) is 0 Å². The van der Waals surface area contributed by atoms with E-state index in [0.717, 1.165) is 17.3 Å². The maximum absolute atomic E-state index is 12.5. The largest absolute Gasteiger partial charge is 0.454 e. The number of thioether (sulfide) groups is 1. The third-order valence-corrected chi connectivity index (χ3v) is 4.78. The molecule has 1 aromatic carbocycles. The summed E-state index contributed by atoms with van der Waals surface area (Å²) < 4.78 is 10.6. The zero-order valence-electron chi connectivity index (χ0n) is 14.4. The molecule has 1 fully saturated rings. The van der Waals surface area contributed by atoms with E-state index in [-0.39, 0.29) is 30.5 Å². The fourth-order valence-electron chi connectivity index (χ4n) is 2.44. The van der Waals surface area contributed by atoms with Crippen molar-refractivity contribution in [2.45, 2.75) is 19.9 Å². The smallest absolute Gasteiger partial charge is 0.293 e. The zero-order chi connectivity index (χ0) is 18.7. The van der Waals surface area contributed by atoms with Crippen LogP contribution in [0.1, 0.15) is 19.4 Å². The Kier molecular flexibility index (Phi) is 5.67. The summed E-state index contributed by atoms with van der Waals surface area (Å²) in [5.74, 6) is 1.00. The number of rotatable bonds is 5. The molecule has 0 atom stereocenters. The standard InChI is InChI=1S/C17H19N3O4S2/c1-10(2)19-16(25)18-5-6-20-15(21)14(26-17(20)22)8-11-3-4-12-13(7-11)24-9-23-12/h3-4,7-8,10H,5-6,9H2,1-2H3,(H2,18,19,25)/b14-8-. The number of carbonyl (C=O) groups excluding carboxylic acids is 2. The van der Waals surface area contributed by atoms with E-state index >= 15 is 0 Å². The molecule has 26 heavy (non-hydrogen) atoms. The molecule has 9 heteroatoms. The van der Waals surface area contributed by atoms with Gasteiger partial charge in [0.25, 0.3) is 11.1 Å². The van der Waals surface area contributed by atoms with Gasteiger partial charge < -0.3 is 20.1 Å². The van der Waals surface area contributed by atoms with E-state index in [2.05, 4.69) is 10.6 Å². The number of carbonyl (C=O) groups is 2. The number of hydrogen-bond acceptors (Lipinski definition) is 6. The first-order valence-electron chi connectivity index (χ1n) is 8.13. The molecule has 0 bridgehead atoms. The highest BCUT2D eigenvalue weighted by Crippen LogP contribution is 2.36. The summed E-state index contributed by atoms with van der Waals surface area (Å²) in [6, 6.07) is 5.61. The molecule has 0 saturated carbocycles. The van der Waals surface area contributed by atoms with E-state index < -0.39 is 0 Å². The normalized spacial score (nSPS) is 17.3. The van der Waals surface area contributed by atoms with Crippen LogP contribution in [0.4, 0.5) is 4.79 Å². The van der Waals surface area contributed by atoms with E-state index in [9.17, 15) is 9.59 Å². The van der Waals surface area contributed by atoms with Gasteiger partial charge in [0.05, 0.1) is 4.91 Å². The Labute approximate surface area is 161 Å². The van der Waals surface area contributed by atoms with Gasteiger partial charge in [-0.25, -0.2) is 0 Å². The van der Waals surface area contributed by atoms with Crippen LogP contribution >= 0.6 is 24.0 Å². The number of amides is 2. The molecule has 1 saturated heterocycles. The van der Waals surface area contributed by atoms with Crippen molar-refractivity contribution in [3.63, 3.8) is 0 Å². The maximum atomic E-state index is 12.5. The van der Waals surface area contributed by atoms with Crippen LogP contribution in [0, 0.1) is 0 Å². The van der Waals surface area contributed by atoms with Crippen molar-refractivity contribution in [1.29, 1.82) is 0 Å². The molecule has 0 radical (unpaired) electrons. The Hall–Kier alpha value is -2.26. The van der Waals surface area contributed by atoms with Crippen LogP contribution in [0.25, 0.3) is 6.08 Å². The molecule has 0 aliphatic carbocycles. The van der Waals surface area contributed by atoms with Gasteiger partial charge >= 0.3 is 0 Å². The van der Waals surface area contributed by atoms with Gasteiger partial charge in [-0.15, -0.1) is 0 Å². The van der Waals surface area contributed by atoms with Crippen molar-refractivity contribution in [3.8, 4) is 11.5 Å². The first-order chi connectivity index (χ1) is 12.4. The summed E-state index contributed by atoms with van der Waals surface area (Å²) in [7, 11) is 0. The predicted octanol–water partition coefficient (Wildman–Crippen LogP) is 2.32. The van der Waals surface area contributed by atoms with Crippen LogP contribution in [0.5, 0.6) is 11.5 Å².